The number of fused-ring (bicyclic) bond motifs is 1. The molecule has 0 aliphatic heterocycles. The van der Waals surface area contributed by atoms with E-state index in [9.17, 15) is 0 Å². The SMILES string of the molecule is C=C1/C(=C\C=C2/CCC[C@@]3(C)[C@@H]2CC[C@@H]3[C@H](C)CCCC(C)(C)O[Si](C)(C)C(C)(C)C)C[C@@H](O[Si](C)(C)C(C)(C)C)[C@@H](OCCCO[Si](C)(C)C(C)(C)C)[C@@H]1O[Si](C)(C)C(C)(C)C. The smallest absolute Gasteiger partial charge is 0.193 e. The first-order chi connectivity index (χ1) is 28.2. The summed E-state index contributed by atoms with van der Waals surface area (Å²) in [7, 11) is -8.05. The summed E-state index contributed by atoms with van der Waals surface area (Å²) in [5, 5.41) is 0.534. The molecular formula is C54H106O5Si4. The number of rotatable bonds is 18. The first kappa shape index (κ1) is 57.2. The summed E-state index contributed by atoms with van der Waals surface area (Å²) in [6, 6.07) is 0. The molecule has 3 rings (SSSR count). The maximum Gasteiger partial charge on any atom is 0.193 e. The highest BCUT2D eigenvalue weighted by Gasteiger charge is 2.52. The second-order valence-electron chi connectivity index (χ2n) is 27.8. The van der Waals surface area contributed by atoms with Crippen molar-refractivity contribution in [3.63, 3.8) is 0 Å². The average molecular weight is 948 g/mol. The number of ether oxygens (including phenoxy) is 1. The Morgan fingerprint density at radius 1 is 0.698 bits per heavy atom. The van der Waals surface area contributed by atoms with Crippen LogP contribution < -0.4 is 0 Å². The van der Waals surface area contributed by atoms with Crippen molar-refractivity contribution in [3.05, 3.63) is 35.5 Å². The van der Waals surface area contributed by atoms with Crippen molar-refractivity contribution in [1.82, 2.24) is 0 Å². The molecule has 0 aromatic heterocycles. The van der Waals surface area contributed by atoms with Gasteiger partial charge in [-0.25, -0.2) is 0 Å². The molecule has 0 aromatic rings. The lowest BCUT2D eigenvalue weighted by Gasteiger charge is -2.49. The van der Waals surface area contributed by atoms with Crippen LogP contribution >= 0.6 is 0 Å². The van der Waals surface area contributed by atoms with Gasteiger partial charge in [-0.2, -0.15) is 0 Å². The maximum absolute atomic E-state index is 7.45. The van der Waals surface area contributed by atoms with Crippen LogP contribution in [0.25, 0.3) is 0 Å². The van der Waals surface area contributed by atoms with E-state index in [4.69, 9.17) is 29.0 Å². The van der Waals surface area contributed by atoms with Crippen LogP contribution in [0.2, 0.25) is 72.5 Å². The molecule has 0 N–H and O–H groups in total. The zero-order valence-corrected chi connectivity index (χ0v) is 50.4. The Hall–Kier alpha value is -0.112. The molecule has 9 heteroatoms. The van der Waals surface area contributed by atoms with E-state index in [-0.39, 0.29) is 44.1 Å². The molecule has 368 valence electrons. The fraction of sp³-hybridized carbons (Fsp3) is 0.889. The zero-order valence-electron chi connectivity index (χ0n) is 46.4. The molecule has 0 amide bonds. The standard InChI is InChI=1S/C54H106O5Si4/c1-40(29-26-35-53(15,16)59-63(24,25)52(12,13)14)44-33-34-45-42(30-27-36-54(44,45)17)31-32-43-39-46(57-61(20,21)50(6,7)8)48(47(41(43)2)58-62(22,23)51(9,10)11)55-37-28-38-56-60(18,19)49(3,4)5/h31-32,40,44-48H,2,26-30,33-39H2,1,3-25H3/b42-31+,43-32-/t40-,44-,45-,46-,47-,48-,54-/m1/s1. The summed E-state index contributed by atoms with van der Waals surface area (Å²) in [6.07, 6.45) is 16.2. The number of hydrogen-bond acceptors (Lipinski definition) is 5. The molecule has 0 spiro atoms. The molecule has 0 unspecified atom stereocenters. The summed E-state index contributed by atoms with van der Waals surface area (Å²) >= 11 is 0. The molecule has 0 bridgehead atoms. The highest BCUT2D eigenvalue weighted by Crippen LogP contribution is 2.60. The Morgan fingerprint density at radius 3 is 1.78 bits per heavy atom. The lowest BCUT2D eigenvalue weighted by atomic mass is 9.60. The Morgan fingerprint density at radius 2 is 1.24 bits per heavy atom. The highest BCUT2D eigenvalue weighted by atomic mass is 28.4. The van der Waals surface area contributed by atoms with Gasteiger partial charge in [-0.15, -0.1) is 0 Å². The highest BCUT2D eigenvalue weighted by molar-refractivity contribution is 6.75. The van der Waals surface area contributed by atoms with Crippen molar-refractivity contribution in [3.8, 4) is 0 Å². The molecule has 5 nitrogen and oxygen atoms in total. The van der Waals surface area contributed by atoms with Gasteiger partial charge < -0.3 is 22.4 Å². The van der Waals surface area contributed by atoms with E-state index < -0.39 is 33.3 Å². The van der Waals surface area contributed by atoms with E-state index in [0.717, 1.165) is 36.7 Å². The summed E-state index contributed by atoms with van der Waals surface area (Å²) in [5.74, 6) is 2.13. The van der Waals surface area contributed by atoms with E-state index in [2.05, 4.69) is 175 Å². The molecule has 63 heavy (non-hydrogen) atoms. The van der Waals surface area contributed by atoms with Crippen molar-refractivity contribution in [2.24, 2.45) is 23.2 Å². The van der Waals surface area contributed by atoms with Crippen LogP contribution in [0.5, 0.6) is 0 Å². The fourth-order valence-electron chi connectivity index (χ4n) is 9.90. The lowest BCUT2D eigenvalue weighted by Crippen LogP contribution is -2.57. The largest absolute Gasteiger partial charge is 0.417 e. The van der Waals surface area contributed by atoms with Gasteiger partial charge in [0, 0.05) is 19.6 Å². The van der Waals surface area contributed by atoms with Crippen LogP contribution in [0, 0.1) is 23.2 Å². The minimum absolute atomic E-state index is 0.0470. The molecule has 7 atom stereocenters. The Labute approximate surface area is 397 Å². The topological polar surface area (TPSA) is 46.2 Å². The first-order valence-corrected chi connectivity index (χ1v) is 37.2. The van der Waals surface area contributed by atoms with Gasteiger partial charge >= 0.3 is 0 Å². The van der Waals surface area contributed by atoms with Crippen molar-refractivity contribution >= 4 is 33.3 Å². The Kier molecular flexibility index (Phi) is 18.6. The van der Waals surface area contributed by atoms with Crippen LogP contribution in [0.3, 0.4) is 0 Å². The van der Waals surface area contributed by atoms with Crippen LogP contribution in [-0.4, -0.2) is 70.4 Å². The second-order valence-corrected chi connectivity index (χ2v) is 46.8. The second kappa shape index (κ2) is 20.5. The van der Waals surface area contributed by atoms with Gasteiger partial charge in [0.2, 0.25) is 0 Å². The fourth-order valence-corrected chi connectivity index (χ4v) is 15.4. The van der Waals surface area contributed by atoms with Gasteiger partial charge in [-0.1, -0.05) is 134 Å². The molecule has 3 fully saturated rings. The molecule has 0 saturated heterocycles. The van der Waals surface area contributed by atoms with Crippen LogP contribution in [0.1, 0.15) is 175 Å². The van der Waals surface area contributed by atoms with E-state index >= 15 is 0 Å². The molecule has 0 radical (unpaired) electrons. The van der Waals surface area contributed by atoms with E-state index in [0.29, 0.717) is 24.5 Å². The van der Waals surface area contributed by atoms with E-state index in [1.807, 2.05) is 0 Å². The maximum atomic E-state index is 7.45. The molecule has 0 aromatic carbocycles. The lowest BCUT2D eigenvalue weighted by molar-refractivity contribution is -0.0879. The summed E-state index contributed by atoms with van der Waals surface area (Å²) in [5.41, 5.74) is 4.32. The average Bonchev–Trinajstić information content (AvgIpc) is 3.44. The summed E-state index contributed by atoms with van der Waals surface area (Å²) in [6.45, 7) is 63.2. The molecule has 3 aliphatic rings. The number of allylic oxidation sites excluding steroid dienone is 3. The Bertz CT molecular complexity index is 1580. The van der Waals surface area contributed by atoms with Crippen molar-refractivity contribution in [2.75, 3.05) is 13.2 Å². The molecule has 0 heterocycles. The third-order valence-electron chi connectivity index (χ3n) is 18.2. The van der Waals surface area contributed by atoms with E-state index in [1.165, 1.54) is 50.5 Å². The molecule has 3 saturated carbocycles. The van der Waals surface area contributed by atoms with Crippen molar-refractivity contribution < 1.29 is 22.4 Å². The first-order valence-electron chi connectivity index (χ1n) is 25.6. The van der Waals surface area contributed by atoms with Gasteiger partial charge in [0.25, 0.3) is 0 Å². The predicted molar refractivity (Wildman–Crippen MR) is 285 cm³/mol. The summed E-state index contributed by atoms with van der Waals surface area (Å²) in [4.78, 5) is 0. The van der Waals surface area contributed by atoms with Gasteiger partial charge in [-0.05, 0) is 166 Å². The van der Waals surface area contributed by atoms with Crippen molar-refractivity contribution in [1.29, 1.82) is 0 Å². The van der Waals surface area contributed by atoms with Crippen molar-refractivity contribution in [2.45, 2.75) is 271 Å². The molecule has 3 aliphatic carbocycles. The van der Waals surface area contributed by atoms with Crippen LogP contribution in [-0.2, 0) is 22.4 Å². The van der Waals surface area contributed by atoms with E-state index in [1.54, 1.807) is 5.57 Å². The monoisotopic (exact) mass is 947 g/mol. The number of hydrogen-bond donors (Lipinski definition) is 0. The van der Waals surface area contributed by atoms with Gasteiger partial charge in [-0.3, -0.25) is 0 Å². The van der Waals surface area contributed by atoms with Gasteiger partial charge in [0.05, 0.1) is 17.8 Å². The van der Waals surface area contributed by atoms with Gasteiger partial charge in [0.15, 0.2) is 33.3 Å². The Balaban J connectivity index is 1.92. The minimum atomic E-state index is -2.22. The third kappa shape index (κ3) is 14.2. The minimum Gasteiger partial charge on any atom is -0.417 e. The molecular weight excluding hydrogens is 841 g/mol. The zero-order chi connectivity index (χ0) is 48.6. The third-order valence-corrected chi connectivity index (χ3v) is 36.4. The quantitative estimate of drug-likeness (QED) is 0.101. The summed E-state index contributed by atoms with van der Waals surface area (Å²) < 4.78 is 35.5. The van der Waals surface area contributed by atoms with Gasteiger partial charge in [0.1, 0.15) is 6.10 Å². The predicted octanol–water partition coefficient (Wildman–Crippen LogP) is 17.2. The van der Waals surface area contributed by atoms with Crippen LogP contribution in [0.15, 0.2) is 35.5 Å². The van der Waals surface area contributed by atoms with Crippen LogP contribution in [0.4, 0.5) is 0 Å². The normalized spacial score (nSPS) is 28.3.